The molecule has 0 spiro atoms. The Labute approximate surface area is 87.5 Å². The Balaban J connectivity index is 2.16. The van der Waals surface area contributed by atoms with Gasteiger partial charge in [0.1, 0.15) is 11.4 Å². The van der Waals surface area contributed by atoms with Gasteiger partial charge in [0.05, 0.1) is 5.56 Å². The summed E-state index contributed by atoms with van der Waals surface area (Å²) in [5, 5.41) is 2.66. The van der Waals surface area contributed by atoms with Crippen LogP contribution in [0.4, 0.5) is 4.39 Å². The molecule has 2 rings (SSSR count). The van der Waals surface area contributed by atoms with E-state index in [2.05, 4.69) is 11.2 Å². The lowest BCUT2D eigenvalue weighted by atomic mass is 10.2. The predicted octanol–water partition coefficient (Wildman–Crippen LogP) is 1.72. The molecule has 2 nitrogen and oxygen atoms in total. The highest BCUT2D eigenvalue weighted by molar-refractivity contribution is 5.95. The molecule has 0 atom stereocenters. The van der Waals surface area contributed by atoms with E-state index in [1.165, 1.54) is 12.1 Å². The van der Waals surface area contributed by atoms with Gasteiger partial charge in [-0.05, 0) is 25.0 Å². The zero-order valence-electron chi connectivity index (χ0n) is 8.09. The van der Waals surface area contributed by atoms with Crippen LogP contribution in [0.15, 0.2) is 24.3 Å². The summed E-state index contributed by atoms with van der Waals surface area (Å²) in [7, 11) is 0. The summed E-state index contributed by atoms with van der Waals surface area (Å²) in [6.45, 7) is 0. The number of hydrogen-bond acceptors (Lipinski definition) is 1. The Morgan fingerprint density at radius 3 is 2.67 bits per heavy atom. The third kappa shape index (κ3) is 1.84. The van der Waals surface area contributed by atoms with E-state index in [1.807, 2.05) is 0 Å². The van der Waals surface area contributed by atoms with Crippen LogP contribution in [-0.2, 0) is 0 Å². The SMILES string of the molecule is C#CC1(NC(=O)c2ccccc2F)CC1. The highest BCUT2D eigenvalue weighted by Crippen LogP contribution is 2.34. The molecule has 0 aromatic heterocycles. The number of carbonyl (C=O) groups excluding carboxylic acids is 1. The van der Waals surface area contributed by atoms with Crippen molar-refractivity contribution in [3.63, 3.8) is 0 Å². The van der Waals surface area contributed by atoms with E-state index < -0.39 is 17.3 Å². The number of hydrogen-bond donors (Lipinski definition) is 1. The first-order valence-corrected chi connectivity index (χ1v) is 4.72. The van der Waals surface area contributed by atoms with Crippen LogP contribution in [0.2, 0.25) is 0 Å². The molecule has 1 aromatic carbocycles. The minimum atomic E-state index is -0.528. The van der Waals surface area contributed by atoms with Gasteiger partial charge >= 0.3 is 0 Å². The van der Waals surface area contributed by atoms with Gasteiger partial charge in [-0.25, -0.2) is 4.39 Å². The lowest BCUT2D eigenvalue weighted by Gasteiger charge is -2.10. The first-order chi connectivity index (χ1) is 7.17. The van der Waals surface area contributed by atoms with Crippen molar-refractivity contribution in [3.8, 4) is 12.3 Å². The molecule has 0 radical (unpaired) electrons. The van der Waals surface area contributed by atoms with Gasteiger partial charge in [-0.2, -0.15) is 0 Å². The summed E-state index contributed by atoms with van der Waals surface area (Å²) >= 11 is 0. The third-order valence-electron chi connectivity index (χ3n) is 2.50. The fourth-order valence-corrected chi connectivity index (χ4v) is 1.36. The molecule has 1 saturated carbocycles. The monoisotopic (exact) mass is 203 g/mol. The van der Waals surface area contributed by atoms with Crippen molar-refractivity contribution in [2.75, 3.05) is 0 Å². The molecule has 0 heterocycles. The fourth-order valence-electron chi connectivity index (χ4n) is 1.36. The summed E-state index contributed by atoms with van der Waals surface area (Å²) in [6, 6.07) is 5.86. The second-order valence-electron chi connectivity index (χ2n) is 3.66. The molecule has 15 heavy (non-hydrogen) atoms. The maximum absolute atomic E-state index is 13.2. The Morgan fingerprint density at radius 2 is 2.13 bits per heavy atom. The summed E-state index contributed by atoms with van der Waals surface area (Å²) < 4.78 is 13.2. The van der Waals surface area contributed by atoms with Crippen LogP contribution in [0.25, 0.3) is 0 Å². The van der Waals surface area contributed by atoms with Crippen molar-refractivity contribution < 1.29 is 9.18 Å². The van der Waals surface area contributed by atoms with Crippen LogP contribution in [-0.4, -0.2) is 11.4 Å². The number of halogens is 1. The van der Waals surface area contributed by atoms with E-state index in [0.29, 0.717) is 0 Å². The number of rotatable bonds is 2. The number of nitrogens with one attached hydrogen (secondary N) is 1. The number of carbonyl (C=O) groups is 1. The molecule has 76 valence electrons. The van der Waals surface area contributed by atoms with E-state index >= 15 is 0 Å². The second kappa shape index (κ2) is 3.39. The molecule has 0 saturated heterocycles. The molecule has 1 amide bonds. The van der Waals surface area contributed by atoms with Crippen LogP contribution >= 0.6 is 0 Å². The van der Waals surface area contributed by atoms with Crippen LogP contribution < -0.4 is 5.32 Å². The van der Waals surface area contributed by atoms with Crippen LogP contribution in [0, 0.1) is 18.2 Å². The molecule has 1 fully saturated rings. The van der Waals surface area contributed by atoms with E-state index in [4.69, 9.17) is 6.42 Å². The van der Waals surface area contributed by atoms with Crippen LogP contribution in [0.5, 0.6) is 0 Å². The van der Waals surface area contributed by atoms with Crippen molar-refractivity contribution in [1.29, 1.82) is 0 Å². The topological polar surface area (TPSA) is 29.1 Å². The molecular weight excluding hydrogens is 193 g/mol. The smallest absolute Gasteiger partial charge is 0.255 e. The Bertz CT molecular complexity index is 443. The number of benzene rings is 1. The van der Waals surface area contributed by atoms with Gasteiger partial charge in [-0.1, -0.05) is 18.1 Å². The molecule has 0 bridgehead atoms. The maximum atomic E-state index is 13.2. The standard InChI is InChI=1S/C12H10FNO/c1-2-12(7-8-12)14-11(15)9-5-3-4-6-10(9)13/h1,3-6H,7-8H2,(H,14,15). The minimum Gasteiger partial charge on any atom is -0.336 e. The third-order valence-corrected chi connectivity index (χ3v) is 2.50. The molecule has 0 unspecified atom stereocenters. The van der Waals surface area contributed by atoms with Crippen LogP contribution in [0.3, 0.4) is 0 Å². The number of amides is 1. The molecule has 3 heteroatoms. The fraction of sp³-hybridized carbons (Fsp3) is 0.250. The normalized spacial score (nSPS) is 16.5. The molecule has 1 N–H and O–H groups in total. The molecule has 1 aromatic rings. The van der Waals surface area contributed by atoms with Gasteiger partial charge in [0.2, 0.25) is 0 Å². The van der Waals surface area contributed by atoms with Gasteiger partial charge in [0, 0.05) is 0 Å². The van der Waals surface area contributed by atoms with Crippen molar-refractivity contribution in [2.45, 2.75) is 18.4 Å². The Hall–Kier alpha value is -1.82. The molecular formula is C12H10FNO. The summed E-state index contributed by atoms with van der Waals surface area (Å²) in [5.41, 5.74) is -0.488. The summed E-state index contributed by atoms with van der Waals surface area (Å²) in [5.74, 6) is 1.55. The average molecular weight is 203 g/mol. The van der Waals surface area contributed by atoms with Gasteiger partial charge < -0.3 is 5.32 Å². The van der Waals surface area contributed by atoms with Gasteiger partial charge in [0.25, 0.3) is 5.91 Å². The molecule has 1 aliphatic carbocycles. The minimum absolute atomic E-state index is 0.0408. The Kier molecular flexibility index (Phi) is 2.20. The Morgan fingerprint density at radius 1 is 1.47 bits per heavy atom. The van der Waals surface area contributed by atoms with Gasteiger partial charge in [-0.15, -0.1) is 6.42 Å². The quantitative estimate of drug-likeness (QED) is 0.728. The summed E-state index contributed by atoms with van der Waals surface area (Å²) in [4.78, 5) is 11.6. The molecule has 1 aliphatic rings. The largest absolute Gasteiger partial charge is 0.336 e. The van der Waals surface area contributed by atoms with E-state index in [1.54, 1.807) is 12.1 Å². The highest BCUT2D eigenvalue weighted by atomic mass is 19.1. The van der Waals surface area contributed by atoms with Crippen molar-refractivity contribution in [2.24, 2.45) is 0 Å². The molecule has 0 aliphatic heterocycles. The zero-order chi connectivity index (χ0) is 10.9. The van der Waals surface area contributed by atoms with Gasteiger partial charge in [-0.3, -0.25) is 4.79 Å². The van der Waals surface area contributed by atoms with E-state index in [0.717, 1.165) is 12.8 Å². The number of terminal acetylenes is 1. The lowest BCUT2D eigenvalue weighted by molar-refractivity contribution is 0.0938. The lowest BCUT2D eigenvalue weighted by Crippen LogP contribution is -2.35. The summed E-state index contributed by atoms with van der Waals surface area (Å²) in [6.07, 6.45) is 6.81. The zero-order valence-corrected chi connectivity index (χ0v) is 8.09. The van der Waals surface area contributed by atoms with E-state index in [-0.39, 0.29) is 5.56 Å². The highest BCUT2D eigenvalue weighted by Gasteiger charge is 2.42. The first kappa shape index (κ1) is 9.72. The average Bonchev–Trinajstić information content (AvgIpc) is 2.99. The first-order valence-electron chi connectivity index (χ1n) is 4.72. The van der Waals surface area contributed by atoms with Crippen molar-refractivity contribution >= 4 is 5.91 Å². The predicted molar refractivity (Wildman–Crippen MR) is 54.7 cm³/mol. The van der Waals surface area contributed by atoms with E-state index in [9.17, 15) is 9.18 Å². The maximum Gasteiger partial charge on any atom is 0.255 e. The van der Waals surface area contributed by atoms with Crippen molar-refractivity contribution in [1.82, 2.24) is 5.32 Å². The second-order valence-corrected chi connectivity index (χ2v) is 3.66. The van der Waals surface area contributed by atoms with Gasteiger partial charge in [0.15, 0.2) is 0 Å². The van der Waals surface area contributed by atoms with Crippen molar-refractivity contribution in [3.05, 3.63) is 35.6 Å². The van der Waals surface area contributed by atoms with Crippen LogP contribution in [0.1, 0.15) is 23.2 Å².